The van der Waals surface area contributed by atoms with Gasteiger partial charge in [0.2, 0.25) is 0 Å². The quantitative estimate of drug-likeness (QED) is 0.190. The summed E-state index contributed by atoms with van der Waals surface area (Å²) in [5, 5.41) is 24.6. The maximum Gasteiger partial charge on any atom is 0.490 e. The first-order chi connectivity index (χ1) is 22.7. The van der Waals surface area contributed by atoms with Crippen molar-refractivity contribution in [2.45, 2.75) is 12.4 Å². The molecule has 6 aromatic rings. The number of imidazole rings is 1. The Hall–Kier alpha value is -6.50. The highest BCUT2D eigenvalue weighted by molar-refractivity contribution is 5.87. The Bertz CT molecular complexity index is 2040. The average molecular weight is 667 g/mol. The number of carboxylic acids is 2. The lowest BCUT2D eigenvalue weighted by molar-refractivity contribution is -0.193. The molecule has 0 aliphatic rings. The molecule has 0 saturated heterocycles. The lowest BCUT2D eigenvalue weighted by Crippen LogP contribution is -2.21. The molecule has 0 radical (unpaired) electrons. The molecule has 0 unspecified atom stereocenters. The van der Waals surface area contributed by atoms with E-state index < -0.39 is 24.3 Å². The van der Waals surface area contributed by atoms with E-state index in [4.69, 9.17) is 24.8 Å². The number of aromatic nitrogens is 5. The van der Waals surface area contributed by atoms with Crippen LogP contribution in [-0.2, 0) is 9.59 Å². The van der Waals surface area contributed by atoms with E-state index in [0.29, 0.717) is 5.56 Å². The summed E-state index contributed by atoms with van der Waals surface area (Å²) in [5.41, 5.74) is 6.20. The number of rotatable bonds is 4. The van der Waals surface area contributed by atoms with Crippen LogP contribution in [0.2, 0.25) is 0 Å². The summed E-state index contributed by atoms with van der Waals surface area (Å²) in [4.78, 5) is 31.5. The molecule has 48 heavy (non-hydrogen) atoms. The van der Waals surface area contributed by atoms with Gasteiger partial charge in [0.05, 0.1) is 34.7 Å². The van der Waals surface area contributed by atoms with Crippen LogP contribution in [0.1, 0.15) is 5.56 Å². The van der Waals surface area contributed by atoms with Crippen molar-refractivity contribution in [1.29, 1.82) is 5.26 Å². The number of carboxylic acid groups (broad SMARTS) is 2. The number of fused-ring (bicyclic) bond motifs is 1. The van der Waals surface area contributed by atoms with Gasteiger partial charge in [-0.15, -0.1) is 0 Å². The third-order valence-electron chi connectivity index (χ3n) is 6.30. The zero-order chi connectivity index (χ0) is 35.1. The highest BCUT2D eigenvalue weighted by Gasteiger charge is 2.38. The van der Waals surface area contributed by atoms with Gasteiger partial charge in [-0.25, -0.2) is 14.6 Å². The van der Waals surface area contributed by atoms with E-state index in [-0.39, 0.29) is 0 Å². The van der Waals surface area contributed by atoms with Crippen molar-refractivity contribution in [3.63, 3.8) is 0 Å². The summed E-state index contributed by atoms with van der Waals surface area (Å²) in [6, 6.07) is 28.0. The fraction of sp³-hybridized carbons (Fsp3) is 0.0625. The van der Waals surface area contributed by atoms with Crippen molar-refractivity contribution in [2.75, 3.05) is 0 Å². The number of carbonyl (C=O) groups is 2. The number of nitriles is 1. The van der Waals surface area contributed by atoms with E-state index in [1.807, 2.05) is 77.8 Å². The molecule has 0 saturated carbocycles. The topological polar surface area (TPSA) is 147 Å². The monoisotopic (exact) mass is 666 g/mol. The molecule has 244 valence electrons. The standard InChI is InChI=1S/C28H18N6.2C2HF3O2/c29-17-21-5-3-8-27-24(21)13-16-33(27)22-11-9-20(10-12-22)28-32-26(25-7-1-2-15-31-25)19-34(28)23-6-4-14-30-18-23;2*3-2(4,5)1(6)7/h1-16,18-19H;2*(H,6,7). The van der Waals surface area contributed by atoms with Gasteiger partial charge in [0, 0.05) is 41.4 Å². The van der Waals surface area contributed by atoms with Gasteiger partial charge < -0.3 is 14.8 Å². The maximum atomic E-state index is 10.6. The van der Waals surface area contributed by atoms with Crippen LogP contribution in [0.3, 0.4) is 0 Å². The number of hydrogen-bond donors (Lipinski definition) is 2. The highest BCUT2D eigenvalue weighted by Crippen LogP contribution is 2.29. The Labute approximate surface area is 266 Å². The predicted molar refractivity (Wildman–Crippen MR) is 159 cm³/mol. The summed E-state index contributed by atoms with van der Waals surface area (Å²) in [7, 11) is 0. The van der Waals surface area contributed by atoms with Crippen molar-refractivity contribution < 1.29 is 46.1 Å². The fourth-order valence-corrected chi connectivity index (χ4v) is 4.18. The minimum Gasteiger partial charge on any atom is -0.475 e. The smallest absolute Gasteiger partial charge is 0.475 e. The predicted octanol–water partition coefficient (Wildman–Crippen LogP) is 7.08. The lowest BCUT2D eigenvalue weighted by atomic mass is 10.1. The third kappa shape index (κ3) is 8.20. The Morgan fingerprint density at radius 3 is 1.94 bits per heavy atom. The maximum absolute atomic E-state index is 10.6. The molecule has 0 aliphatic carbocycles. The third-order valence-corrected chi connectivity index (χ3v) is 6.30. The molecular weight excluding hydrogens is 646 g/mol. The van der Waals surface area contributed by atoms with Gasteiger partial charge >= 0.3 is 24.3 Å². The van der Waals surface area contributed by atoms with E-state index >= 15 is 0 Å². The fourth-order valence-electron chi connectivity index (χ4n) is 4.18. The molecule has 2 N–H and O–H groups in total. The molecule has 10 nitrogen and oxygen atoms in total. The van der Waals surface area contributed by atoms with Gasteiger partial charge in [-0.2, -0.15) is 31.6 Å². The number of benzene rings is 2. The Balaban J connectivity index is 0.000000314. The van der Waals surface area contributed by atoms with Gasteiger partial charge in [0.25, 0.3) is 0 Å². The number of halogens is 6. The Kier molecular flexibility index (Phi) is 10.2. The largest absolute Gasteiger partial charge is 0.490 e. The van der Waals surface area contributed by atoms with Crippen molar-refractivity contribution >= 4 is 22.8 Å². The Morgan fingerprint density at radius 1 is 0.729 bits per heavy atom. The molecule has 16 heteroatoms. The van der Waals surface area contributed by atoms with Crippen LogP contribution in [0.5, 0.6) is 0 Å². The minimum atomic E-state index is -5.08. The SMILES string of the molecule is N#Cc1cccc2c1ccn2-c1ccc(-c2nc(-c3ccccn3)cn2-c2cccnc2)cc1.O=C(O)C(F)(F)F.O=C(O)C(F)(F)F. The summed E-state index contributed by atoms with van der Waals surface area (Å²) in [5.74, 6) is -4.70. The second-order valence-electron chi connectivity index (χ2n) is 9.43. The minimum absolute atomic E-state index is 0.674. The van der Waals surface area contributed by atoms with Gasteiger partial charge in [-0.1, -0.05) is 12.1 Å². The number of nitrogens with zero attached hydrogens (tertiary/aromatic N) is 6. The highest BCUT2D eigenvalue weighted by atomic mass is 19.4. The first-order valence-electron chi connectivity index (χ1n) is 13.3. The normalized spacial score (nSPS) is 11.0. The molecule has 0 amide bonds. The van der Waals surface area contributed by atoms with E-state index in [0.717, 1.165) is 45.1 Å². The first kappa shape index (κ1) is 34.4. The summed E-state index contributed by atoms with van der Waals surface area (Å²) in [6.07, 6.45) is -0.831. The first-order valence-corrected chi connectivity index (χ1v) is 13.3. The number of pyridine rings is 2. The van der Waals surface area contributed by atoms with Crippen LogP contribution in [0.25, 0.3) is 45.1 Å². The molecule has 0 bridgehead atoms. The van der Waals surface area contributed by atoms with Gasteiger partial charge in [-0.3, -0.25) is 14.5 Å². The van der Waals surface area contributed by atoms with E-state index in [1.54, 1.807) is 12.4 Å². The van der Waals surface area contributed by atoms with Crippen molar-refractivity contribution in [2.24, 2.45) is 0 Å². The summed E-state index contributed by atoms with van der Waals surface area (Å²) in [6.45, 7) is 0. The zero-order valence-electron chi connectivity index (χ0n) is 24.1. The van der Waals surface area contributed by atoms with Crippen molar-refractivity contribution in [3.8, 4) is 40.2 Å². The van der Waals surface area contributed by atoms with E-state index in [2.05, 4.69) is 44.9 Å². The van der Waals surface area contributed by atoms with E-state index in [1.165, 1.54) is 0 Å². The average Bonchev–Trinajstić information content (AvgIpc) is 3.71. The zero-order valence-corrected chi connectivity index (χ0v) is 24.1. The molecule has 4 aromatic heterocycles. The number of aliphatic carboxylic acids is 2. The molecular formula is C32H20F6N6O4. The molecule has 0 atom stereocenters. The number of hydrogen-bond acceptors (Lipinski definition) is 6. The van der Waals surface area contributed by atoms with Crippen LogP contribution in [0.15, 0.2) is 110 Å². The molecule has 0 spiro atoms. The van der Waals surface area contributed by atoms with Crippen LogP contribution >= 0.6 is 0 Å². The molecule has 0 fully saturated rings. The second-order valence-corrected chi connectivity index (χ2v) is 9.43. The lowest BCUT2D eigenvalue weighted by Gasteiger charge is -2.09. The van der Waals surface area contributed by atoms with Crippen molar-refractivity contribution in [3.05, 3.63) is 115 Å². The number of alkyl halides is 6. The van der Waals surface area contributed by atoms with Gasteiger partial charge in [0.15, 0.2) is 0 Å². The van der Waals surface area contributed by atoms with Gasteiger partial charge in [0.1, 0.15) is 11.5 Å². The van der Waals surface area contributed by atoms with E-state index in [9.17, 15) is 31.6 Å². The van der Waals surface area contributed by atoms with Crippen LogP contribution in [0.4, 0.5) is 26.3 Å². The van der Waals surface area contributed by atoms with Gasteiger partial charge in [-0.05, 0) is 66.7 Å². The second kappa shape index (κ2) is 14.3. The van der Waals surface area contributed by atoms with Crippen LogP contribution < -0.4 is 0 Å². The molecule has 0 aliphatic heterocycles. The van der Waals surface area contributed by atoms with Crippen LogP contribution in [-0.4, -0.2) is 58.6 Å². The Morgan fingerprint density at radius 2 is 1.40 bits per heavy atom. The molecule has 4 heterocycles. The molecule has 2 aromatic carbocycles. The summed E-state index contributed by atoms with van der Waals surface area (Å²) < 4.78 is 67.6. The van der Waals surface area contributed by atoms with Crippen molar-refractivity contribution in [1.82, 2.24) is 24.1 Å². The van der Waals surface area contributed by atoms with Crippen LogP contribution in [0, 0.1) is 11.3 Å². The molecule has 6 rings (SSSR count). The summed E-state index contributed by atoms with van der Waals surface area (Å²) >= 11 is 0.